The summed E-state index contributed by atoms with van der Waals surface area (Å²) in [7, 11) is 0. The third-order valence-electron chi connectivity index (χ3n) is 4.91. The average molecular weight is 275 g/mol. The molecule has 2 aliphatic carbocycles. The van der Waals surface area contributed by atoms with Crippen LogP contribution in [0.25, 0.3) is 0 Å². The maximum absolute atomic E-state index is 3.98. The molecule has 0 radical (unpaired) electrons. The van der Waals surface area contributed by atoms with E-state index in [1.54, 1.807) is 11.1 Å². The summed E-state index contributed by atoms with van der Waals surface area (Å²) < 4.78 is 0. The highest BCUT2D eigenvalue weighted by molar-refractivity contribution is 7.99. The quantitative estimate of drug-likeness (QED) is 0.888. The Bertz CT molecular complexity index is 454. The van der Waals surface area contributed by atoms with Crippen molar-refractivity contribution >= 4 is 11.8 Å². The maximum atomic E-state index is 3.98. The second-order valence-corrected chi connectivity index (χ2v) is 7.97. The summed E-state index contributed by atoms with van der Waals surface area (Å²) in [5, 5.41) is 4.85. The predicted molar refractivity (Wildman–Crippen MR) is 84.7 cm³/mol. The van der Waals surface area contributed by atoms with Gasteiger partial charge in [-0.25, -0.2) is 0 Å². The van der Waals surface area contributed by atoms with Gasteiger partial charge in [0.15, 0.2) is 0 Å². The Morgan fingerprint density at radius 2 is 2.00 bits per heavy atom. The first-order valence-corrected chi connectivity index (χ1v) is 8.75. The highest BCUT2D eigenvalue weighted by atomic mass is 32.2. The van der Waals surface area contributed by atoms with Gasteiger partial charge in [-0.1, -0.05) is 38.1 Å². The van der Waals surface area contributed by atoms with Crippen LogP contribution in [-0.2, 0) is 6.42 Å². The highest BCUT2D eigenvalue weighted by Gasteiger charge is 2.40. The number of hydrogen-bond acceptors (Lipinski definition) is 2. The molecule has 0 amide bonds. The van der Waals surface area contributed by atoms with E-state index in [-0.39, 0.29) is 0 Å². The fourth-order valence-electron chi connectivity index (χ4n) is 3.85. The zero-order valence-corrected chi connectivity index (χ0v) is 13.1. The molecule has 2 aliphatic rings. The van der Waals surface area contributed by atoms with Gasteiger partial charge in [-0.05, 0) is 48.5 Å². The minimum absolute atomic E-state index is 0.348. The molecule has 104 valence electrons. The van der Waals surface area contributed by atoms with Gasteiger partial charge in [0.2, 0.25) is 0 Å². The number of nitrogens with one attached hydrogen (secondary N) is 1. The molecule has 1 fully saturated rings. The van der Waals surface area contributed by atoms with Crippen molar-refractivity contribution in [2.75, 3.05) is 6.26 Å². The second-order valence-electron chi connectivity index (χ2n) is 6.83. The maximum Gasteiger partial charge on any atom is 0.0380 e. The van der Waals surface area contributed by atoms with Crippen LogP contribution in [-0.4, -0.2) is 17.5 Å². The summed E-state index contributed by atoms with van der Waals surface area (Å²) in [5.41, 5.74) is 3.44. The molecule has 0 aliphatic heterocycles. The summed E-state index contributed by atoms with van der Waals surface area (Å²) in [6.45, 7) is 4.82. The fraction of sp³-hybridized carbons (Fsp3) is 0.647. The van der Waals surface area contributed by atoms with Crippen molar-refractivity contribution in [3.8, 4) is 0 Å². The Labute approximate surface area is 121 Å². The molecule has 3 rings (SSSR count). The van der Waals surface area contributed by atoms with E-state index in [9.17, 15) is 0 Å². The van der Waals surface area contributed by atoms with E-state index in [1.165, 1.54) is 25.7 Å². The van der Waals surface area contributed by atoms with E-state index in [1.807, 2.05) is 11.8 Å². The zero-order valence-electron chi connectivity index (χ0n) is 12.3. The van der Waals surface area contributed by atoms with Gasteiger partial charge in [0.1, 0.15) is 0 Å². The van der Waals surface area contributed by atoms with Gasteiger partial charge < -0.3 is 5.32 Å². The van der Waals surface area contributed by atoms with Crippen molar-refractivity contribution in [3.05, 3.63) is 35.4 Å². The third-order valence-corrected chi connectivity index (χ3v) is 6.01. The Kier molecular flexibility index (Phi) is 3.65. The van der Waals surface area contributed by atoms with E-state index >= 15 is 0 Å². The minimum atomic E-state index is 0.348. The van der Waals surface area contributed by atoms with Gasteiger partial charge in [-0.3, -0.25) is 0 Å². The standard InChI is InChI=1S/C17H25NS/c1-17(2)11-12-6-4-5-7-15(12)16(17)18-13-8-9-14(10-13)19-3/h4-7,13-14,16,18H,8-11H2,1-3H3. The molecule has 3 unspecified atom stereocenters. The molecule has 1 saturated carbocycles. The number of fused-ring (bicyclic) bond motifs is 1. The monoisotopic (exact) mass is 275 g/mol. The Balaban J connectivity index is 1.76. The van der Waals surface area contributed by atoms with Crippen molar-refractivity contribution in [1.29, 1.82) is 0 Å². The normalized spacial score (nSPS) is 32.5. The lowest BCUT2D eigenvalue weighted by Gasteiger charge is -2.31. The van der Waals surface area contributed by atoms with Crippen LogP contribution < -0.4 is 5.32 Å². The molecule has 0 bridgehead atoms. The minimum Gasteiger partial charge on any atom is -0.307 e. The van der Waals surface area contributed by atoms with Crippen LogP contribution in [0.15, 0.2) is 24.3 Å². The Hall–Kier alpha value is -0.470. The summed E-state index contributed by atoms with van der Waals surface area (Å²) in [6.07, 6.45) is 7.53. The smallest absolute Gasteiger partial charge is 0.0380 e. The summed E-state index contributed by atoms with van der Waals surface area (Å²) >= 11 is 2.04. The molecular formula is C17H25NS. The highest BCUT2D eigenvalue weighted by Crippen LogP contribution is 2.46. The van der Waals surface area contributed by atoms with Crippen molar-refractivity contribution in [2.45, 2.75) is 56.9 Å². The van der Waals surface area contributed by atoms with Crippen LogP contribution in [0.4, 0.5) is 0 Å². The first-order valence-electron chi connectivity index (χ1n) is 7.47. The first-order chi connectivity index (χ1) is 9.10. The lowest BCUT2D eigenvalue weighted by atomic mass is 9.85. The molecule has 1 nitrogen and oxygen atoms in total. The van der Waals surface area contributed by atoms with Gasteiger partial charge in [-0.15, -0.1) is 0 Å². The molecule has 1 aromatic rings. The van der Waals surface area contributed by atoms with Crippen molar-refractivity contribution in [1.82, 2.24) is 5.32 Å². The summed E-state index contributed by atoms with van der Waals surface area (Å²) in [5.74, 6) is 0. The topological polar surface area (TPSA) is 12.0 Å². The number of hydrogen-bond donors (Lipinski definition) is 1. The molecular weight excluding hydrogens is 250 g/mol. The van der Waals surface area contributed by atoms with Crippen LogP contribution in [0.5, 0.6) is 0 Å². The second kappa shape index (κ2) is 5.14. The molecule has 0 spiro atoms. The largest absolute Gasteiger partial charge is 0.307 e. The van der Waals surface area contributed by atoms with Crippen LogP contribution in [0.2, 0.25) is 0 Å². The van der Waals surface area contributed by atoms with E-state index in [0.29, 0.717) is 17.5 Å². The SMILES string of the molecule is CSC1CCC(NC2c3ccccc3CC2(C)C)C1. The van der Waals surface area contributed by atoms with Crippen molar-refractivity contribution < 1.29 is 0 Å². The van der Waals surface area contributed by atoms with Crippen molar-refractivity contribution in [3.63, 3.8) is 0 Å². The van der Waals surface area contributed by atoms with E-state index in [2.05, 4.69) is 49.7 Å². The van der Waals surface area contributed by atoms with Gasteiger partial charge >= 0.3 is 0 Å². The number of thioether (sulfide) groups is 1. The molecule has 3 atom stereocenters. The lowest BCUT2D eigenvalue weighted by molar-refractivity contribution is 0.248. The average Bonchev–Trinajstić information content (AvgIpc) is 2.93. The number of rotatable bonds is 3. The fourth-order valence-corrected chi connectivity index (χ4v) is 4.64. The van der Waals surface area contributed by atoms with E-state index < -0.39 is 0 Å². The molecule has 2 heteroatoms. The Morgan fingerprint density at radius 1 is 1.21 bits per heavy atom. The first kappa shape index (κ1) is 13.5. The molecule has 1 N–H and O–H groups in total. The van der Waals surface area contributed by atoms with Gasteiger partial charge in [-0.2, -0.15) is 11.8 Å². The van der Waals surface area contributed by atoms with Crippen LogP contribution >= 0.6 is 11.8 Å². The third kappa shape index (κ3) is 2.57. The van der Waals surface area contributed by atoms with Crippen LogP contribution in [0.3, 0.4) is 0 Å². The summed E-state index contributed by atoms with van der Waals surface area (Å²) in [4.78, 5) is 0. The van der Waals surface area contributed by atoms with Crippen LogP contribution in [0, 0.1) is 5.41 Å². The van der Waals surface area contributed by atoms with Gasteiger partial charge in [0, 0.05) is 17.3 Å². The van der Waals surface area contributed by atoms with E-state index in [4.69, 9.17) is 0 Å². The van der Waals surface area contributed by atoms with Crippen LogP contribution in [0.1, 0.15) is 50.3 Å². The molecule has 1 aromatic carbocycles. The summed E-state index contributed by atoms with van der Waals surface area (Å²) in [6, 6.07) is 10.2. The molecule has 0 saturated heterocycles. The molecule has 0 aromatic heterocycles. The zero-order chi connectivity index (χ0) is 13.5. The van der Waals surface area contributed by atoms with E-state index in [0.717, 1.165) is 5.25 Å². The predicted octanol–water partition coefficient (Wildman–Crippen LogP) is 4.18. The number of benzene rings is 1. The van der Waals surface area contributed by atoms with Gasteiger partial charge in [0.25, 0.3) is 0 Å². The lowest BCUT2D eigenvalue weighted by Crippen LogP contribution is -2.37. The molecule has 19 heavy (non-hydrogen) atoms. The van der Waals surface area contributed by atoms with Gasteiger partial charge in [0.05, 0.1) is 0 Å². The van der Waals surface area contributed by atoms with Crippen molar-refractivity contribution in [2.24, 2.45) is 5.41 Å². The molecule has 0 heterocycles. The Morgan fingerprint density at radius 3 is 2.74 bits per heavy atom.